The van der Waals surface area contributed by atoms with Gasteiger partial charge in [-0.15, -0.1) is 0 Å². The zero-order valence-electron chi connectivity index (χ0n) is 10.3. The largest absolute Gasteiger partial charge is 0.330 e. The second-order valence-electron chi connectivity index (χ2n) is 4.80. The number of hydrogen-bond donors (Lipinski definition) is 1. The minimum atomic E-state index is -0.0857. The first-order chi connectivity index (χ1) is 8.11. The van der Waals surface area contributed by atoms with E-state index in [4.69, 9.17) is 5.73 Å². The Hall–Kier alpha value is -1.42. The molecule has 2 heterocycles. The van der Waals surface area contributed by atoms with E-state index in [0.29, 0.717) is 6.42 Å². The number of hydrogen-bond acceptors (Lipinski definition) is 3. The van der Waals surface area contributed by atoms with Gasteiger partial charge in [0.1, 0.15) is 0 Å². The third-order valence-electron chi connectivity index (χ3n) is 3.23. The minimum absolute atomic E-state index is 0.0231. The Labute approximate surface area is 102 Å². The fourth-order valence-electron chi connectivity index (χ4n) is 2.46. The predicted molar refractivity (Wildman–Crippen MR) is 66.2 cm³/mol. The van der Waals surface area contributed by atoms with E-state index >= 15 is 0 Å². The van der Waals surface area contributed by atoms with Crippen LogP contribution in [0.5, 0.6) is 0 Å². The van der Waals surface area contributed by atoms with Gasteiger partial charge >= 0.3 is 0 Å². The molecular formula is C13H19N3O. The number of carbonyl (C=O) groups is 1. The summed E-state index contributed by atoms with van der Waals surface area (Å²) in [5, 5.41) is 0. The molecule has 2 unspecified atom stereocenters. The Morgan fingerprint density at radius 2 is 2.24 bits per heavy atom. The SMILES string of the molecule is CC(C)N1C(=O)CCC(N)C1c1ccccn1. The fourth-order valence-corrected chi connectivity index (χ4v) is 2.46. The van der Waals surface area contributed by atoms with Crippen molar-refractivity contribution in [1.29, 1.82) is 0 Å². The minimum Gasteiger partial charge on any atom is -0.330 e. The maximum absolute atomic E-state index is 12.0. The lowest BCUT2D eigenvalue weighted by molar-refractivity contribution is -0.139. The summed E-state index contributed by atoms with van der Waals surface area (Å²) in [6, 6.07) is 5.80. The van der Waals surface area contributed by atoms with E-state index in [0.717, 1.165) is 12.1 Å². The predicted octanol–water partition coefficient (Wildman–Crippen LogP) is 1.48. The summed E-state index contributed by atoms with van der Waals surface area (Å²) >= 11 is 0. The van der Waals surface area contributed by atoms with Gasteiger partial charge in [-0.25, -0.2) is 0 Å². The molecule has 1 amide bonds. The first-order valence-corrected chi connectivity index (χ1v) is 6.09. The highest BCUT2D eigenvalue weighted by Crippen LogP contribution is 2.31. The third kappa shape index (κ3) is 2.31. The van der Waals surface area contributed by atoms with Crippen LogP contribution in [0.1, 0.15) is 38.4 Å². The first kappa shape index (κ1) is 12.0. The molecule has 1 aromatic heterocycles. The van der Waals surface area contributed by atoms with E-state index in [1.165, 1.54) is 0 Å². The number of amides is 1. The number of nitrogens with two attached hydrogens (primary N) is 1. The number of likely N-dealkylation sites (tertiary alicyclic amines) is 1. The monoisotopic (exact) mass is 233 g/mol. The molecule has 92 valence electrons. The van der Waals surface area contributed by atoms with Crippen LogP contribution in [0.15, 0.2) is 24.4 Å². The normalized spacial score (nSPS) is 25.4. The summed E-state index contributed by atoms with van der Waals surface area (Å²) in [4.78, 5) is 18.2. The van der Waals surface area contributed by atoms with Gasteiger partial charge in [0.2, 0.25) is 5.91 Å². The molecule has 0 radical (unpaired) electrons. The summed E-state index contributed by atoms with van der Waals surface area (Å²) in [6.45, 7) is 4.04. The van der Waals surface area contributed by atoms with Gasteiger partial charge in [0.25, 0.3) is 0 Å². The second-order valence-corrected chi connectivity index (χ2v) is 4.80. The molecular weight excluding hydrogens is 214 g/mol. The highest BCUT2D eigenvalue weighted by Gasteiger charge is 2.36. The van der Waals surface area contributed by atoms with Crippen molar-refractivity contribution in [2.45, 2.75) is 44.8 Å². The van der Waals surface area contributed by atoms with Crippen LogP contribution in [0, 0.1) is 0 Å². The van der Waals surface area contributed by atoms with Gasteiger partial charge < -0.3 is 10.6 Å². The number of aromatic nitrogens is 1. The topological polar surface area (TPSA) is 59.2 Å². The second kappa shape index (κ2) is 4.84. The van der Waals surface area contributed by atoms with Gasteiger partial charge in [0.05, 0.1) is 11.7 Å². The van der Waals surface area contributed by atoms with Crippen molar-refractivity contribution >= 4 is 5.91 Å². The van der Waals surface area contributed by atoms with Crippen LogP contribution < -0.4 is 5.73 Å². The van der Waals surface area contributed by atoms with Crippen molar-refractivity contribution in [2.24, 2.45) is 5.73 Å². The van der Waals surface area contributed by atoms with E-state index in [9.17, 15) is 4.79 Å². The lowest BCUT2D eigenvalue weighted by Gasteiger charge is -2.41. The molecule has 1 aliphatic rings. The molecule has 1 aromatic rings. The molecule has 17 heavy (non-hydrogen) atoms. The van der Waals surface area contributed by atoms with Crippen LogP contribution in [0.4, 0.5) is 0 Å². The molecule has 0 spiro atoms. The zero-order chi connectivity index (χ0) is 12.4. The van der Waals surface area contributed by atoms with Crippen molar-refractivity contribution in [3.8, 4) is 0 Å². The molecule has 0 aromatic carbocycles. The van der Waals surface area contributed by atoms with Crippen LogP contribution in [0.25, 0.3) is 0 Å². The number of piperidine rings is 1. The fraction of sp³-hybridized carbons (Fsp3) is 0.538. The molecule has 1 saturated heterocycles. The van der Waals surface area contributed by atoms with E-state index in [-0.39, 0.29) is 24.0 Å². The average molecular weight is 233 g/mol. The summed E-state index contributed by atoms with van der Waals surface area (Å²) in [5.74, 6) is 0.178. The average Bonchev–Trinajstić information content (AvgIpc) is 2.32. The lowest BCUT2D eigenvalue weighted by Crippen LogP contribution is -2.51. The number of pyridine rings is 1. The van der Waals surface area contributed by atoms with E-state index < -0.39 is 0 Å². The molecule has 1 fully saturated rings. The highest BCUT2D eigenvalue weighted by molar-refractivity contribution is 5.78. The van der Waals surface area contributed by atoms with Gasteiger partial charge in [0, 0.05) is 24.7 Å². The maximum atomic E-state index is 12.0. The smallest absolute Gasteiger partial charge is 0.223 e. The molecule has 2 atom stereocenters. The van der Waals surface area contributed by atoms with Crippen LogP contribution in [0.2, 0.25) is 0 Å². The Balaban J connectivity index is 2.36. The molecule has 0 aliphatic carbocycles. The quantitative estimate of drug-likeness (QED) is 0.841. The van der Waals surface area contributed by atoms with Gasteiger partial charge in [0.15, 0.2) is 0 Å². The first-order valence-electron chi connectivity index (χ1n) is 6.09. The van der Waals surface area contributed by atoms with Gasteiger partial charge in [-0.2, -0.15) is 0 Å². The molecule has 0 bridgehead atoms. The van der Waals surface area contributed by atoms with Crippen molar-refractivity contribution in [2.75, 3.05) is 0 Å². The number of nitrogens with zero attached hydrogens (tertiary/aromatic N) is 2. The van der Waals surface area contributed by atoms with Gasteiger partial charge in [-0.05, 0) is 32.4 Å². The van der Waals surface area contributed by atoms with Crippen LogP contribution in [-0.4, -0.2) is 27.9 Å². The van der Waals surface area contributed by atoms with E-state index in [1.807, 2.05) is 36.9 Å². The molecule has 2 rings (SSSR count). The molecule has 1 aliphatic heterocycles. The molecule has 4 nitrogen and oxygen atoms in total. The third-order valence-corrected chi connectivity index (χ3v) is 3.23. The number of carbonyl (C=O) groups excluding carboxylic acids is 1. The van der Waals surface area contributed by atoms with Crippen molar-refractivity contribution in [3.63, 3.8) is 0 Å². The Morgan fingerprint density at radius 1 is 1.47 bits per heavy atom. The summed E-state index contributed by atoms with van der Waals surface area (Å²) in [5.41, 5.74) is 7.06. The van der Waals surface area contributed by atoms with Crippen molar-refractivity contribution < 1.29 is 4.79 Å². The summed E-state index contributed by atoms with van der Waals surface area (Å²) in [6.07, 6.45) is 3.03. The van der Waals surface area contributed by atoms with Crippen LogP contribution >= 0.6 is 0 Å². The van der Waals surface area contributed by atoms with Crippen molar-refractivity contribution in [3.05, 3.63) is 30.1 Å². The Kier molecular flexibility index (Phi) is 3.43. The molecule has 2 N–H and O–H groups in total. The van der Waals surface area contributed by atoms with E-state index in [2.05, 4.69) is 4.98 Å². The van der Waals surface area contributed by atoms with E-state index in [1.54, 1.807) is 6.20 Å². The highest BCUT2D eigenvalue weighted by atomic mass is 16.2. The molecule has 4 heteroatoms. The molecule has 0 saturated carbocycles. The van der Waals surface area contributed by atoms with Crippen molar-refractivity contribution in [1.82, 2.24) is 9.88 Å². The standard InChI is InChI=1S/C13H19N3O/c1-9(2)16-12(17)7-6-10(14)13(16)11-5-3-4-8-15-11/h3-5,8-10,13H,6-7,14H2,1-2H3. The summed E-state index contributed by atoms with van der Waals surface area (Å²) in [7, 11) is 0. The number of rotatable bonds is 2. The Bertz CT molecular complexity index is 391. The zero-order valence-corrected chi connectivity index (χ0v) is 10.3. The maximum Gasteiger partial charge on any atom is 0.223 e. The van der Waals surface area contributed by atoms with Gasteiger partial charge in [-0.3, -0.25) is 9.78 Å². The van der Waals surface area contributed by atoms with Crippen LogP contribution in [-0.2, 0) is 4.79 Å². The van der Waals surface area contributed by atoms with Gasteiger partial charge in [-0.1, -0.05) is 6.07 Å². The summed E-state index contributed by atoms with van der Waals surface area (Å²) < 4.78 is 0. The lowest BCUT2D eigenvalue weighted by atomic mass is 9.92. The Morgan fingerprint density at radius 3 is 2.82 bits per heavy atom. The van der Waals surface area contributed by atoms with Crippen LogP contribution in [0.3, 0.4) is 0 Å².